The highest BCUT2D eigenvalue weighted by atomic mass is 19.4. The summed E-state index contributed by atoms with van der Waals surface area (Å²) in [5.41, 5.74) is 2.71. The molecular weight excluding hydrogens is 292 g/mol. The van der Waals surface area contributed by atoms with Crippen molar-refractivity contribution in [1.29, 1.82) is 0 Å². The van der Waals surface area contributed by atoms with Crippen LogP contribution in [0.4, 0.5) is 12.9 Å². The normalized spacial score (nSPS) is 37.2. The van der Waals surface area contributed by atoms with Crippen molar-refractivity contribution in [3.8, 4) is 0 Å². The van der Waals surface area contributed by atoms with Gasteiger partial charge in [-0.25, -0.2) is 0 Å². The van der Waals surface area contributed by atoms with Crippen LogP contribution in [0.1, 0.15) is 52.9 Å². The maximum absolute atomic E-state index is 9.67. The van der Waals surface area contributed by atoms with Crippen LogP contribution in [0.3, 0.4) is 0 Å². The van der Waals surface area contributed by atoms with E-state index in [2.05, 4.69) is 27.4 Å². The van der Waals surface area contributed by atoms with Crippen LogP contribution in [0.25, 0.3) is 0 Å². The van der Waals surface area contributed by atoms with Gasteiger partial charge in [0.2, 0.25) is 0 Å². The minimum atomic E-state index is -3.67. The Morgan fingerprint density at radius 2 is 1.73 bits per heavy atom. The van der Waals surface area contributed by atoms with Gasteiger partial charge in [-0.15, -0.1) is 0 Å². The first-order valence-electron chi connectivity index (χ1n) is 7.81. The third-order valence-corrected chi connectivity index (χ3v) is 6.07. The molecule has 2 nitrogen and oxygen atoms in total. The van der Waals surface area contributed by atoms with Crippen molar-refractivity contribution < 1.29 is 22.8 Å². The molecule has 3 aliphatic carbocycles. The van der Waals surface area contributed by atoms with E-state index in [0.717, 1.165) is 17.8 Å². The summed E-state index contributed by atoms with van der Waals surface area (Å²) in [6.45, 7) is 11.7. The molecule has 0 aromatic heterocycles. The quantitative estimate of drug-likeness (QED) is 0.388. The van der Waals surface area contributed by atoms with Crippen molar-refractivity contribution in [2.75, 3.05) is 0 Å². The molecule has 0 aliphatic heterocycles. The zero-order chi connectivity index (χ0) is 17.1. The van der Waals surface area contributed by atoms with Crippen LogP contribution in [0.2, 0.25) is 0 Å². The number of rotatable bonds is 0. The number of hydrogen-bond donors (Lipinski definition) is 1. The molecule has 3 aliphatic rings. The van der Waals surface area contributed by atoms with Crippen molar-refractivity contribution in [2.45, 2.75) is 52.9 Å². The highest BCUT2D eigenvalue weighted by molar-refractivity contribution is 6.33. The van der Waals surface area contributed by atoms with E-state index in [9.17, 15) is 12.9 Å². The molecule has 0 amide bonds. The molecule has 3 saturated carbocycles. The predicted molar refractivity (Wildman–Crippen MR) is 82.4 cm³/mol. The number of carbonyl (C=O) groups is 1. The molecular formula is C16H26BF3O2. The standard InChI is InChI=1S/C15H24.CH2O2.BF3/c1-10-11-6-7-12-13(11)14(2,3)8-5-9-15(10,12)4;2-1-3;2-1(3)4/h11-13H,1,5-9H2,2-4H3;1H,(H,2,3);/t11-,12-,13+,15-;;/m1../s1. The molecule has 6 heteroatoms. The molecule has 0 unspecified atom stereocenters. The molecule has 0 aromatic rings. The van der Waals surface area contributed by atoms with Crippen LogP contribution in [-0.4, -0.2) is 19.1 Å². The van der Waals surface area contributed by atoms with Crippen LogP contribution in [-0.2, 0) is 4.79 Å². The maximum Gasteiger partial charge on any atom is 0.762 e. The van der Waals surface area contributed by atoms with Crippen LogP contribution < -0.4 is 0 Å². The summed E-state index contributed by atoms with van der Waals surface area (Å²) < 4.78 is 29.0. The molecule has 4 atom stereocenters. The maximum atomic E-state index is 9.67. The molecule has 0 radical (unpaired) electrons. The molecule has 126 valence electrons. The lowest BCUT2D eigenvalue weighted by Gasteiger charge is -2.35. The van der Waals surface area contributed by atoms with Crippen molar-refractivity contribution in [1.82, 2.24) is 0 Å². The summed E-state index contributed by atoms with van der Waals surface area (Å²) in [7, 11) is -3.67. The Balaban J connectivity index is 0.000000297. The van der Waals surface area contributed by atoms with E-state index in [-0.39, 0.29) is 6.47 Å². The van der Waals surface area contributed by atoms with Gasteiger partial charge in [0.25, 0.3) is 6.47 Å². The number of halogens is 3. The molecule has 0 saturated heterocycles. The fraction of sp³-hybridized carbons (Fsp3) is 0.812. The number of carboxylic acid groups (broad SMARTS) is 1. The number of allylic oxidation sites excluding steroid dienone is 1. The fourth-order valence-electron chi connectivity index (χ4n) is 5.28. The van der Waals surface area contributed by atoms with Gasteiger partial charge >= 0.3 is 7.54 Å². The van der Waals surface area contributed by atoms with Crippen LogP contribution in [0, 0.1) is 28.6 Å². The van der Waals surface area contributed by atoms with Gasteiger partial charge in [0, 0.05) is 0 Å². The van der Waals surface area contributed by atoms with E-state index in [1.807, 2.05) is 0 Å². The van der Waals surface area contributed by atoms with Gasteiger partial charge in [-0.1, -0.05) is 39.3 Å². The first-order valence-corrected chi connectivity index (χ1v) is 7.81. The molecule has 4 bridgehead atoms. The Morgan fingerprint density at radius 1 is 1.23 bits per heavy atom. The minimum absolute atomic E-state index is 0.250. The Labute approximate surface area is 131 Å². The van der Waals surface area contributed by atoms with Gasteiger partial charge in [-0.2, -0.15) is 0 Å². The topological polar surface area (TPSA) is 37.3 Å². The Kier molecular flexibility index (Phi) is 6.16. The van der Waals surface area contributed by atoms with E-state index < -0.39 is 7.54 Å². The smallest absolute Gasteiger partial charge is 0.483 e. The summed E-state index contributed by atoms with van der Waals surface area (Å²) in [6, 6.07) is 0. The van der Waals surface area contributed by atoms with E-state index in [1.54, 1.807) is 5.57 Å². The zero-order valence-electron chi connectivity index (χ0n) is 13.6. The van der Waals surface area contributed by atoms with Crippen molar-refractivity contribution in [2.24, 2.45) is 28.6 Å². The largest absolute Gasteiger partial charge is 0.762 e. The molecule has 3 fully saturated rings. The molecule has 3 rings (SSSR count). The van der Waals surface area contributed by atoms with Gasteiger partial charge in [-0.05, 0) is 54.3 Å². The van der Waals surface area contributed by atoms with Crippen LogP contribution >= 0.6 is 0 Å². The minimum Gasteiger partial charge on any atom is -0.483 e. The predicted octanol–water partition coefficient (Wildman–Crippen LogP) is 5.00. The lowest BCUT2D eigenvalue weighted by Crippen LogP contribution is -2.28. The molecule has 22 heavy (non-hydrogen) atoms. The van der Waals surface area contributed by atoms with Crippen molar-refractivity contribution in [3.63, 3.8) is 0 Å². The summed E-state index contributed by atoms with van der Waals surface area (Å²) in [6.07, 6.45) is 7.18. The van der Waals surface area contributed by atoms with Crippen LogP contribution in [0.5, 0.6) is 0 Å². The average molecular weight is 318 g/mol. The highest BCUT2D eigenvalue weighted by Crippen LogP contribution is 2.70. The Morgan fingerprint density at radius 3 is 2.23 bits per heavy atom. The second kappa shape index (κ2) is 7.09. The average Bonchev–Trinajstić information content (AvgIpc) is 2.86. The molecule has 1 N–H and O–H groups in total. The molecule has 0 heterocycles. The van der Waals surface area contributed by atoms with Crippen molar-refractivity contribution >= 4 is 14.0 Å². The second-order valence-electron chi connectivity index (χ2n) is 7.45. The Bertz CT molecular complexity index is 411. The molecule has 0 aromatic carbocycles. The lowest BCUT2D eigenvalue weighted by molar-refractivity contribution is -0.122. The van der Waals surface area contributed by atoms with Crippen LogP contribution in [0.15, 0.2) is 12.2 Å². The first-order chi connectivity index (χ1) is 10.1. The fourth-order valence-corrected chi connectivity index (χ4v) is 5.28. The highest BCUT2D eigenvalue weighted by Gasteiger charge is 2.61. The third-order valence-electron chi connectivity index (χ3n) is 6.07. The summed E-state index contributed by atoms with van der Waals surface area (Å²) in [5, 5.41) is 6.89. The van der Waals surface area contributed by atoms with E-state index >= 15 is 0 Å². The van der Waals surface area contributed by atoms with Gasteiger partial charge in [0.1, 0.15) is 0 Å². The van der Waals surface area contributed by atoms with Gasteiger partial charge in [0.05, 0.1) is 0 Å². The van der Waals surface area contributed by atoms with Crippen molar-refractivity contribution in [3.05, 3.63) is 12.2 Å². The van der Waals surface area contributed by atoms with Gasteiger partial charge in [-0.3, -0.25) is 17.7 Å². The van der Waals surface area contributed by atoms with Gasteiger partial charge in [0.15, 0.2) is 0 Å². The SMILES string of the molecule is C=C1[C@H]2CC[C@@H]3[C@H]2C(C)(C)CCC[C@]13C.FB(F)F.O=CO. The third kappa shape index (κ3) is 3.52. The lowest BCUT2D eigenvalue weighted by atomic mass is 9.69. The second-order valence-corrected chi connectivity index (χ2v) is 7.45. The number of hydrogen-bond acceptors (Lipinski definition) is 1. The molecule has 0 spiro atoms. The summed E-state index contributed by atoms with van der Waals surface area (Å²) in [4.78, 5) is 8.36. The first kappa shape index (κ1) is 19.1. The summed E-state index contributed by atoms with van der Waals surface area (Å²) >= 11 is 0. The summed E-state index contributed by atoms with van der Waals surface area (Å²) in [5.74, 6) is 2.79. The van der Waals surface area contributed by atoms with E-state index in [1.165, 1.54) is 32.1 Å². The van der Waals surface area contributed by atoms with E-state index in [4.69, 9.17) is 9.90 Å². The van der Waals surface area contributed by atoms with Gasteiger partial charge < -0.3 is 5.11 Å². The Hall–Kier alpha value is -0.935. The van der Waals surface area contributed by atoms with E-state index in [0.29, 0.717) is 10.8 Å². The monoisotopic (exact) mass is 318 g/mol. The zero-order valence-corrected chi connectivity index (χ0v) is 13.6.